The third-order valence-corrected chi connectivity index (χ3v) is 2.17. The molecule has 3 nitrogen and oxygen atoms in total. The van der Waals surface area contributed by atoms with Crippen molar-refractivity contribution in [3.63, 3.8) is 0 Å². The predicted octanol–water partition coefficient (Wildman–Crippen LogP) is 1.05. The van der Waals surface area contributed by atoms with E-state index in [2.05, 4.69) is 4.74 Å². The first kappa shape index (κ1) is 8.98. The van der Waals surface area contributed by atoms with Gasteiger partial charge in [-0.1, -0.05) is 0 Å². The maximum Gasteiger partial charge on any atom is 0.310 e. The number of esters is 1. The number of carbonyl (C=O) groups is 1. The van der Waals surface area contributed by atoms with Crippen LogP contribution in [0.4, 0.5) is 4.39 Å². The van der Waals surface area contributed by atoms with E-state index in [0.717, 1.165) is 0 Å². The topological polar surface area (TPSA) is 50.1 Å². The predicted molar refractivity (Wildman–Crippen MR) is 38.7 cm³/mol. The van der Waals surface area contributed by atoms with Crippen molar-refractivity contribution in [1.82, 2.24) is 0 Å². The van der Waals surface area contributed by atoms with E-state index in [-0.39, 0.29) is 12.8 Å². The third-order valence-electron chi connectivity index (χ3n) is 2.17. The van der Waals surface area contributed by atoms with Crippen LogP contribution in [0.3, 0.4) is 0 Å². The molecule has 0 bridgehead atoms. The summed E-state index contributed by atoms with van der Waals surface area (Å²) in [6, 6.07) is 1.92. The monoisotopic (exact) mass is 171 g/mol. The van der Waals surface area contributed by atoms with E-state index in [1.165, 1.54) is 7.11 Å². The highest BCUT2D eigenvalue weighted by Crippen LogP contribution is 2.34. The largest absolute Gasteiger partial charge is 0.469 e. The minimum Gasteiger partial charge on any atom is -0.469 e. The van der Waals surface area contributed by atoms with Crippen LogP contribution < -0.4 is 0 Å². The molecule has 0 radical (unpaired) electrons. The molecule has 0 amide bonds. The van der Waals surface area contributed by atoms with E-state index >= 15 is 0 Å². The van der Waals surface area contributed by atoms with Crippen LogP contribution in [0.2, 0.25) is 0 Å². The molecule has 0 aromatic carbocycles. The molecule has 4 heteroatoms. The molecule has 0 N–H and O–H groups in total. The zero-order chi connectivity index (χ0) is 9.14. The van der Waals surface area contributed by atoms with Crippen molar-refractivity contribution in [2.24, 2.45) is 11.8 Å². The molecule has 0 heterocycles. The van der Waals surface area contributed by atoms with E-state index in [1.807, 2.05) is 6.07 Å². The Balaban J connectivity index is 2.65. The summed E-state index contributed by atoms with van der Waals surface area (Å²) in [5.74, 6) is -1.54. The van der Waals surface area contributed by atoms with E-state index in [4.69, 9.17) is 5.26 Å². The van der Waals surface area contributed by atoms with Crippen molar-refractivity contribution in [1.29, 1.82) is 5.26 Å². The summed E-state index contributed by atoms with van der Waals surface area (Å²) in [7, 11) is 1.25. The van der Waals surface area contributed by atoms with Crippen LogP contribution in [-0.2, 0) is 9.53 Å². The normalized spacial score (nSPS) is 34.2. The van der Waals surface area contributed by atoms with Gasteiger partial charge in [0.1, 0.15) is 6.17 Å². The Morgan fingerprint density at radius 2 is 2.33 bits per heavy atom. The van der Waals surface area contributed by atoms with Crippen LogP contribution in [0.15, 0.2) is 0 Å². The van der Waals surface area contributed by atoms with Gasteiger partial charge in [-0.2, -0.15) is 5.26 Å². The van der Waals surface area contributed by atoms with Crippen LogP contribution in [0.5, 0.6) is 0 Å². The average molecular weight is 171 g/mol. The number of carbonyl (C=O) groups excluding carboxylic acids is 1. The summed E-state index contributed by atoms with van der Waals surface area (Å²) in [6.07, 6.45) is -0.736. The SMILES string of the molecule is COC(=O)[C@@H]1C[C@H](F)C[C@@H]1C#N. The summed E-state index contributed by atoms with van der Waals surface area (Å²) in [5, 5.41) is 8.57. The highest BCUT2D eigenvalue weighted by atomic mass is 19.1. The molecule has 0 aliphatic heterocycles. The molecule has 0 aromatic rings. The van der Waals surface area contributed by atoms with Gasteiger partial charge in [-0.15, -0.1) is 0 Å². The maximum absolute atomic E-state index is 12.7. The van der Waals surface area contributed by atoms with Gasteiger partial charge < -0.3 is 4.74 Å². The lowest BCUT2D eigenvalue weighted by Gasteiger charge is -2.08. The third kappa shape index (κ3) is 1.55. The lowest BCUT2D eigenvalue weighted by Crippen LogP contribution is -2.19. The Hall–Kier alpha value is -1.11. The van der Waals surface area contributed by atoms with Crippen molar-refractivity contribution in [2.45, 2.75) is 19.0 Å². The number of rotatable bonds is 1. The average Bonchev–Trinajstić information content (AvgIpc) is 2.45. The zero-order valence-electron chi connectivity index (χ0n) is 6.79. The molecular formula is C8H10FNO2. The van der Waals surface area contributed by atoms with Gasteiger partial charge in [-0.25, -0.2) is 4.39 Å². The van der Waals surface area contributed by atoms with Crippen molar-refractivity contribution in [2.75, 3.05) is 7.11 Å². The molecule has 0 aromatic heterocycles. The highest BCUT2D eigenvalue weighted by Gasteiger charge is 2.39. The summed E-state index contributed by atoms with van der Waals surface area (Å²) in [4.78, 5) is 11.0. The molecule has 3 atom stereocenters. The van der Waals surface area contributed by atoms with Gasteiger partial charge >= 0.3 is 5.97 Å². The van der Waals surface area contributed by atoms with Crippen molar-refractivity contribution < 1.29 is 13.9 Å². The van der Waals surface area contributed by atoms with Crippen LogP contribution in [0, 0.1) is 23.2 Å². The minimum atomic E-state index is -1.03. The second-order valence-electron chi connectivity index (χ2n) is 2.93. The molecule has 1 fully saturated rings. The molecule has 1 aliphatic rings. The van der Waals surface area contributed by atoms with Crippen LogP contribution >= 0.6 is 0 Å². The summed E-state index contributed by atoms with van der Waals surface area (Å²) in [6.45, 7) is 0. The lowest BCUT2D eigenvalue weighted by molar-refractivity contribution is -0.146. The molecule has 1 saturated carbocycles. The number of hydrogen-bond donors (Lipinski definition) is 0. The second kappa shape index (κ2) is 3.53. The van der Waals surface area contributed by atoms with Gasteiger partial charge in [0.25, 0.3) is 0 Å². The van der Waals surface area contributed by atoms with E-state index < -0.39 is 24.0 Å². The zero-order valence-corrected chi connectivity index (χ0v) is 6.79. The number of nitriles is 1. The van der Waals surface area contributed by atoms with Gasteiger partial charge in [-0.05, 0) is 12.8 Å². The Kier molecular flexibility index (Phi) is 2.64. The van der Waals surface area contributed by atoms with Gasteiger partial charge in [-0.3, -0.25) is 4.79 Å². The number of nitrogens with zero attached hydrogens (tertiary/aromatic N) is 1. The molecule has 12 heavy (non-hydrogen) atoms. The second-order valence-corrected chi connectivity index (χ2v) is 2.93. The van der Waals surface area contributed by atoms with Gasteiger partial charge in [0.15, 0.2) is 0 Å². The number of ether oxygens (including phenoxy) is 1. The van der Waals surface area contributed by atoms with E-state index in [1.54, 1.807) is 0 Å². The van der Waals surface area contributed by atoms with Gasteiger partial charge in [0, 0.05) is 0 Å². The van der Waals surface area contributed by atoms with Crippen LogP contribution in [0.1, 0.15) is 12.8 Å². The number of methoxy groups -OCH3 is 1. The quantitative estimate of drug-likeness (QED) is 0.554. The van der Waals surface area contributed by atoms with E-state index in [0.29, 0.717) is 0 Å². The standard InChI is InChI=1S/C8H10FNO2/c1-12-8(11)7-3-6(9)2-5(7)4-10/h5-7H,2-3H2,1H3/t5-,6-,7-/m1/s1. The summed E-state index contributed by atoms with van der Waals surface area (Å²) >= 11 is 0. The van der Waals surface area contributed by atoms with Crippen molar-refractivity contribution in [3.8, 4) is 6.07 Å². The molecule has 0 saturated heterocycles. The number of alkyl halides is 1. The molecule has 0 unspecified atom stereocenters. The summed E-state index contributed by atoms with van der Waals surface area (Å²) < 4.78 is 17.2. The molecule has 1 aliphatic carbocycles. The first-order chi connectivity index (χ1) is 5.69. The Bertz CT molecular complexity index is 224. The van der Waals surface area contributed by atoms with E-state index in [9.17, 15) is 9.18 Å². The van der Waals surface area contributed by atoms with Gasteiger partial charge in [0.05, 0.1) is 25.0 Å². The van der Waals surface area contributed by atoms with Gasteiger partial charge in [0.2, 0.25) is 0 Å². The van der Waals surface area contributed by atoms with Crippen molar-refractivity contribution in [3.05, 3.63) is 0 Å². The molecular weight excluding hydrogens is 161 g/mol. The maximum atomic E-state index is 12.7. The molecule has 0 spiro atoms. The Labute approximate surface area is 70.1 Å². The molecule has 1 rings (SSSR count). The first-order valence-electron chi connectivity index (χ1n) is 3.80. The fraction of sp³-hybridized carbons (Fsp3) is 0.750. The van der Waals surface area contributed by atoms with Crippen LogP contribution in [-0.4, -0.2) is 19.3 Å². The number of halogens is 1. The number of hydrogen-bond acceptors (Lipinski definition) is 3. The first-order valence-corrected chi connectivity index (χ1v) is 3.80. The Morgan fingerprint density at radius 3 is 2.83 bits per heavy atom. The fourth-order valence-corrected chi connectivity index (χ4v) is 1.53. The Morgan fingerprint density at radius 1 is 1.67 bits per heavy atom. The fourth-order valence-electron chi connectivity index (χ4n) is 1.53. The minimum absolute atomic E-state index is 0.130. The summed E-state index contributed by atoms with van der Waals surface area (Å²) in [5.41, 5.74) is 0. The van der Waals surface area contributed by atoms with Crippen molar-refractivity contribution >= 4 is 5.97 Å². The highest BCUT2D eigenvalue weighted by molar-refractivity contribution is 5.73. The lowest BCUT2D eigenvalue weighted by atomic mass is 9.98. The smallest absolute Gasteiger partial charge is 0.310 e. The molecule has 66 valence electrons. The van der Waals surface area contributed by atoms with Crippen LogP contribution in [0.25, 0.3) is 0 Å².